The summed E-state index contributed by atoms with van der Waals surface area (Å²) in [6, 6.07) is 8.74. The maximum Gasteiger partial charge on any atom is 0.263 e. The number of hydrogen-bond donors (Lipinski definition) is 1. The molecule has 0 aromatic heterocycles. The molecule has 0 spiro atoms. The number of nitrogens with one attached hydrogen (secondary N) is 1. The molecule has 1 amide bonds. The first-order valence-corrected chi connectivity index (χ1v) is 9.58. The van der Waals surface area contributed by atoms with E-state index in [0.717, 1.165) is 5.56 Å². The van der Waals surface area contributed by atoms with Crippen LogP contribution in [0, 0.1) is 11.3 Å². The van der Waals surface area contributed by atoms with Crippen LogP contribution in [0.4, 0.5) is 0 Å². The van der Waals surface area contributed by atoms with Gasteiger partial charge in [0, 0.05) is 30.9 Å². The first-order valence-electron chi connectivity index (χ1n) is 7.38. The highest BCUT2D eigenvalue weighted by molar-refractivity contribution is 7.91. The average Bonchev–Trinajstić information content (AvgIpc) is 2.91. The van der Waals surface area contributed by atoms with Gasteiger partial charge >= 0.3 is 0 Å². The van der Waals surface area contributed by atoms with Gasteiger partial charge in [0.1, 0.15) is 11.6 Å². The lowest BCUT2D eigenvalue weighted by Crippen LogP contribution is -2.31. The fourth-order valence-corrected chi connectivity index (χ4v) is 4.44. The van der Waals surface area contributed by atoms with Crippen LogP contribution in [0.25, 0.3) is 0 Å². The van der Waals surface area contributed by atoms with Gasteiger partial charge in [0.2, 0.25) is 0 Å². The Morgan fingerprint density at radius 3 is 2.79 bits per heavy atom. The van der Waals surface area contributed by atoms with Crippen molar-refractivity contribution in [3.05, 3.63) is 46.6 Å². The second-order valence-corrected chi connectivity index (χ2v) is 8.29. The summed E-state index contributed by atoms with van der Waals surface area (Å²) in [6.45, 7) is 0.207. The molecule has 0 saturated carbocycles. The molecule has 1 aliphatic heterocycles. The molecule has 1 unspecified atom stereocenters. The van der Waals surface area contributed by atoms with Crippen LogP contribution in [0.2, 0.25) is 5.02 Å². The summed E-state index contributed by atoms with van der Waals surface area (Å²) in [5.41, 5.74) is 0.675. The number of sulfone groups is 1. The normalized spacial score (nSPS) is 19.5. The lowest BCUT2D eigenvalue weighted by atomic mass is 10.2. The Labute approximate surface area is 146 Å². The number of benzene rings is 1. The molecule has 24 heavy (non-hydrogen) atoms. The Morgan fingerprint density at radius 1 is 1.50 bits per heavy atom. The molecular formula is C16H18ClN3O3S. The topological polar surface area (TPSA) is 90.3 Å². The minimum Gasteiger partial charge on any atom is -0.375 e. The Morgan fingerprint density at radius 2 is 2.21 bits per heavy atom. The fraction of sp³-hybridized carbons (Fsp3) is 0.375. The van der Waals surface area contributed by atoms with E-state index in [9.17, 15) is 18.5 Å². The quantitative estimate of drug-likeness (QED) is 0.629. The molecule has 8 heteroatoms. The second kappa shape index (κ2) is 7.69. The van der Waals surface area contributed by atoms with Crippen molar-refractivity contribution in [3.63, 3.8) is 0 Å². The lowest BCUT2D eigenvalue weighted by Gasteiger charge is -2.21. The van der Waals surface area contributed by atoms with Gasteiger partial charge in [0.05, 0.1) is 11.5 Å². The van der Waals surface area contributed by atoms with Crippen LogP contribution in [-0.2, 0) is 21.2 Å². The smallest absolute Gasteiger partial charge is 0.263 e. The highest BCUT2D eigenvalue weighted by atomic mass is 35.5. The van der Waals surface area contributed by atoms with E-state index >= 15 is 0 Å². The number of nitriles is 1. The van der Waals surface area contributed by atoms with Crippen LogP contribution in [0.3, 0.4) is 0 Å². The van der Waals surface area contributed by atoms with Gasteiger partial charge in [-0.05, 0) is 18.1 Å². The van der Waals surface area contributed by atoms with E-state index in [1.807, 2.05) is 12.1 Å². The summed E-state index contributed by atoms with van der Waals surface area (Å²) in [6.07, 6.45) is 1.89. The molecule has 128 valence electrons. The van der Waals surface area contributed by atoms with Crippen molar-refractivity contribution in [1.82, 2.24) is 10.2 Å². The van der Waals surface area contributed by atoms with Gasteiger partial charge in [-0.15, -0.1) is 0 Å². The van der Waals surface area contributed by atoms with Gasteiger partial charge < -0.3 is 10.2 Å². The van der Waals surface area contributed by atoms with Gasteiger partial charge in [0.15, 0.2) is 9.84 Å². The molecule has 1 aliphatic rings. The van der Waals surface area contributed by atoms with Crippen molar-refractivity contribution in [3.8, 4) is 6.07 Å². The monoisotopic (exact) mass is 367 g/mol. The van der Waals surface area contributed by atoms with E-state index in [-0.39, 0.29) is 29.7 Å². The maximum absolute atomic E-state index is 12.1. The molecule has 0 bridgehead atoms. The van der Waals surface area contributed by atoms with E-state index in [0.29, 0.717) is 11.4 Å². The second-order valence-electron chi connectivity index (χ2n) is 5.65. The van der Waals surface area contributed by atoms with Gasteiger partial charge in [-0.25, -0.2) is 8.42 Å². The van der Waals surface area contributed by atoms with Gasteiger partial charge in [0.25, 0.3) is 5.91 Å². The van der Waals surface area contributed by atoms with Crippen molar-refractivity contribution < 1.29 is 13.2 Å². The van der Waals surface area contributed by atoms with Crippen LogP contribution in [0.5, 0.6) is 0 Å². The molecule has 1 heterocycles. The molecule has 1 atom stereocenters. The minimum absolute atomic E-state index is 0.0416. The molecule has 0 radical (unpaired) electrons. The minimum atomic E-state index is -3.02. The number of rotatable bonds is 5. The van der Waals surface area contributed by atoms with Crippen LogP contribution < -0.4 is 5.32 Å². The Bertz CT molecular complexity index is 799. The molecular weight excluding hydrogens is 350 g/mol. The molecule has 1 saturated heterocycles. The van der Waals surface area contributed by atoms with Gasteiger partial charge in [-0.2, -0.15) is 5.26 Å². The zero-order chi connectivity index (χ0) is 17.7. The van der Waals surface area contributed by atoms with Crippen LogP contribution in [0.1, 0.15) is 12.0 Å². The average molecular weight is 368 g/mol. The van der Waals surface area contributed by atoms with E-state index < -0.39 is 15.7 Å². The molecule has 1 aromatic rings. The highest BCUT2D eigenvalue weighted by Gasteiger charge is 2.30. The zero-order valence-electron chi connectivity index (χ0n) is 13.2. The van der Waals surface area contributed by atoms with Crippen molar-refractivity contribution in [2.75, 3.05) is 18.6 Å². The predicted octanol–water partition coefficient (Wildman–Crippen LogP) is 1.48. The van der Waals surface area contributed by atoms with Crippen LogP contribution >= 0.6 is 11.6 Å². The van der Waals surface area contributed by atoms with Crippen molar-refractivity contribution in [1.29, 1.82) is 5.26 Å². The number of carbonyl (C=O) groups excluding carboxylic acids is 1. The molecule has 2 rings (SSSR count). The molecule has 1 aromatic carbocycles. The number of carbonyl (C=O) groups is 1. The van der Waals surface area contributed by atoms with Crippen molar-refractivity contribution >= 4 is 27.3 Å². The van der Waals surface area contributed by atoms with E-state index in [1.54, 1.807) is 30.1 Å². The predicted molar refractivity (Wildman–Crippen MR) is 91.8 cm³/mol. The van der Waals surface area contributed by atoms with E-state index in [2.05, 4.69) is 5.32 Å². The standard InChI is InChI=1S/C16H18ClN3O3S/c1-20(14-6-7-24(22,23)11-14)10-13(8-18)16(21)19-9-12-4-2-3-5-15(12)17/h2-5,10,14H,6-7,9,11H2,1H3,(H,19,21)/b13-10-. The summed E-state index contributed by atoms with van der Waals surface area (Å²) in [7, 11) is -1.35. The summed E-state index contributed by atoms with van der Waals surface area (Å²) in [5.74, 6) is -0.346. The summed E-state index contributed by atoms with van der Waals surface area (Å²) >= 11 is 6.02. The molecule has 1 N–H and O–H groups in total. The fourth-order valence-electron chi connectivity index (χ4n) is 2.46. The van der Waals surface area contributed by atoms with Gasteiger partial charge in [-0.3, -0.25) is 4.79 Å². The largest absolute Gasteiger partial charge is 0.375 e. The number of hydrogen-bond acceptors (Lipinski definition) is 5. The maximum atomic E-state index is 12.1. The number of nitrogens with zero attached hydrogens (tertiary/aromatic N) is 2. The summed E-state index contributed by atoms with van der Waals surface area (Å²) in [5, 5.41) is 12.4. The molecule has 6 nitrogen and oxygen atoms in total. The van der Waals surface area contributed by atoms with E-state index in [1.165, 1.54) is 6.20 Å². The summed E-state index contributed by atoms with van der Waals surface area (Å²) < 4.78 is 23.0. The SMILES string of the molecule is CN(/C=C(/C#N)C(=O)NCc1ccccc1Cl)C1CCS(=O)(=O)C1. The van der Waals surface area contributed by atoms with Crippen LogP contribution in [-0.4, -0.2) is 43.8 Å². The highest BCUT2D eigenvalue weighted by Crippen LogP contribution is 2.18. The third kappa shape index (κ3) is 4.73. The Balaban J connectivity index is 2.01. The Kier molecular flexibility index (Phi) is 5.86. The molecule has 1 fully saturated rings. The van der Waals surface area contributed by atoms with Crippen molar-refractivity contribution in [2.24, 2.45) is 0 Å². The van der Waals surface area contributed by atoms with Gasteiger partial charge in [-0.1, -0.05) is 29.8 Å². The number of amides is 1. The lowest BCUT2D eigenvalue weighted by molar-refractivity contribution is -0.117. The van der Waals surface area contributed by atoms with Crippen LogP contribution in [0.15, 0.2) is 36.0 Å². The first-order chi connectivity index (χ1) is 11.3. The molecule has 0 aliphatic carbocycles. The summed E-state index contributed by atoms with van der Waals surface area (Å²) in [4.78, 5) is 13.8. The Hall–Kier alpha value is -2.04. The third-order valence-corrected chi connectivity index (χ3v) is 6.00. The van der Waals surface area contributed by atoms with E-state index in [4.69, 9.17) is 11.6 Å². The number of halogens is 1. The third-order valence-electron chi connectivity index (χ3n) is 3.88. The van der Waals surface area contributed by atoms with Crippen molar-refractivity contribution in [2.45, 2.75) is 19.0 Å². The first kappa shape index (κ1) is 18.3. The zero-order valence-corrected chi connectivity index (χ0v) is 14.8.